The molecule has 1 unspecified atom stereocenters. The minimum absolute atomic E-state index is 0.306. The first-order chi connectivity index (χ1) is 13.7. The van der Waals surface area contributed by atoms with Gasteiger partial charge in [-0.2, -0.15) is 0 Å². The number of amides is 2. The van der Waals surface area contributed by atoms with Gasteiger partial charge in [-0.15, -0.1) is 0 Å². The SMILES string of the molecule is O=CN(CC1CCOCC1)C(CCc1ccccc1)C(=O)C(=O)NCC1CC1. The van der Waals surface area contributed by atoms with Crippen LogP contribution in [0.4, 0.5) is 0 Å². The molecule has 0 spiro atoms. The van der Waals surface area contributed by atoms with Crippen LogP contribution < -0.4 is 5.32 Å². The van der Waals surface area contributed by atoms with Crippen molar-refractivity contribution in [1.29, 1.82) is 0 Å². The molecule has 0 radical (unpaired) electrons. The fraction of sp³-hybridized carbons (Fsp3) is 0.591. The summed E-state index contributed by atoms with van der Waals surface area (Å²) in [5, 5.41) is 2.75. The van der Waals surface area contributed by atoms with Gasteiger partial charge in [0.2, 0.25) is 12.2 Å². The molecule has 2 aliphatic rings. The number of hydrogen-bond donors (Lipinski definition) is 1. The van der Waals surface area contributed by atoms with Gasteiger partial charge in [0.1, 0.15) is 6.04 Å². The Bertz CT molecular complexity index is 654. The van der Waals surface area contributed by atoms with E-state index in [-0.39, 0.29) is 0 Å². The Morgan fingerprint density at radius 1 is 1.11 bits per heavy atom. The number of rotatable bonds is 11. The Labute approximate surface area is 166 Å². The van der Waals surface area contributed by atoms with Gasteiger partial charge < -0.3 is 15.0 Å². The van der Waals surface area contributed by atoms with Crippen molar-refractivity contribution < 1.29 is 19.1 Å². The van der Waals surface area contributed by atoms with Crippen molar-refractivity contribution in [3.05, 3.63) is 35.9 Å². The number of carbonyl (C=O) groups is 3. The van der Waals surface area contributed by atoms with Gasteiger partial charge in [0, 0.05) is 26.3 Å². The second kappa shape index (κ2) is 10.4. The van der Waals surface area contributed by atoms with E-state index in [0.717, 1.165) is 37.7 Å². The van der Waals surface area contributed by atoms with E-state index < -0.39 is 17.7 Å². The summed E-state index contributed by atoms with van der Waals surface area (Å²) in [6.07, 6.45) is 5.78. The molecule has 1 heterocycles. The van der Waals surface area contributed by atoms with Gasteiger partial charge in [-0.1, -0.05) is 30.3 Å². The molecule has 6 heteroatoms. The van der Waals surface area contributed by atoms with Gasteiger partial charge in [-0.05, 0) is 55.9 Å². The normalized spacial score (nSPS) is 18.3. The number of nitrogens with one attached hydrogen (secondary N) is 1. The third-order valence-electron chi connectivity index (χ3n) is 5.67. The molecule has 0 bridgehead atoms. The first-order valence-electron chi connectivity index (χ1n) is 10.3. The molecule has 1 aromatic rings. The highest BCUT2D eigenvalue weighted by Crippen LogP contribution is 2.27. The second-order valence-corrected chi connectivity index (χ2v) is 7.92. The highest BCUT2D eigenvalue weighted by Gasteiger charge is 2.32. The van der Waals surface area contributed by atoms with Crippen molar-refractivity contribution >= 4 is 18.1 Å². The zero-order valence-electron chi connectivity index (χ0n) is 16.3. The van der Waals surface area contributed by atoms with Crippen molar-refractivity contribution in [3.63, 3.8) is 0 Å². The van der Waals surface area contributed by atoms with Gasteiger partial charge in [0.05, 0.1) is 0 Å². The number of Topliss-reactive ketones (excluding diaryl/α,β-unsaturated/α-hetero) is 1. The number of benzene rings is 1. The first kappa shape index (κ1) is 20.5. The largest absolute Gasteiger partial charge is 0.381 e. The maximum Gasteiger partial charge on any atom is 0.289 e. The van der Waals surface area contributed by atoms with E-state index in [9.17, 15) is 14.4 Å². The van der Waals surface area contributed by atoms with Crippen molar-refractivity contribution in [2.24, 2.45) is 11.8 Å². The van der Waals surface area contributed by atoms with Gasteiger partial charge in [0.15, 0.2) is 0 Å². The number of hydrogen-bond acceptors (Lipinski definition) is 4. The lowest BCUT2D eigenvalue weighted by atomic mass is 9.96. The Hall–Kier alpha value is -2.21. The Kier molecular flexibility index (Phi) is 7.60. The lowest BCUT2D eigenvalue weighted by Gasteiger charge is -2.32. The summed E-state index contributed by atoms with van der Waals surface area (Å²) < 4.78 is 5.39. The Morgan fingerprint density at radius 2 is 1.82 bits per heavy atom. The predicted octanol–water partition coefficient (Wildman–Crippen LogP) is 1.97. The molecular formula is C22H30N2O4. The van der Waals surface area contributed by atoms with E-state index in [2.05, 4.69) is 5.32 Å². The van der Waals surface area contributed by atoms with E-state index in [1.807, 2.05) is 30.3 Å². The van der Waals surface area contributed by atoms with Crippen molar-refractivity contribution in [1.82, 2.24) is 10.2 Å². The monoisotopic (exact) mass is 386 g/mol. The smallest absolute Gasteiger partial charge is 0.289 e. The van der Waals surface area contributed by atoms with Crippen LogP contribution in [0.3, 0.4) is 0 Å². The van der Waals surface area contributed by atoms with E-state index >= 15 is 0 Å². The Balaban J connectivity index is 1.66. The Morgan fingerprint density at radius 3 is 2.46 bits per heavy atom. The zero-order chi connectivity index (χ0) is 19.8. The van der Waals surface area contributed by atoms with Gasteiger partial charge in [-0.25, -0.2) is 0 Å². The van der Waals surface area contributed by atoms with Crippen molar-refractivity contribution in [2.75, 3.05) is 26.3 Å². The van der Waals surface area contributed by atoms with Crippen molar-refractivity contribution in [3.8, 4) is 0 Å². The van der Waals surface area contributed by atoms with Crippen LogP contribution >= 0.6 is 0 Å². The van der Waals surface area contributed by atoms with E-state index in [0.29, 0.717) is 51.0 Å². The number of nitrogens with zero attached hydrogens (tertiary/aromatic N) is 1. The lowest BCUT2D eigenvalue weighted by Crippen LogP contribution is -2.49. The minimum Gasteiger partial charge on any atom is -0.381 e. The standard InChI is InChI=1S/C22H30N2O4/c25-16-24(15-19-10-12-28-13-11-19)20(9-8-17-4-2-1-3-5-17)21(26)22(27)23-14-18-6-7-18/h1-5,16,18-20H,6-15H2,(H,23,27). The molecular weight excluding hydrogens is 356 g/mol. The van der Waals surface area contributed by atoms with Crippen molar-refractivity contribution in [2.45, 2.75) is 44.6 Å². The summed E-state index contributed by atoms with van der Waals surface area (Å²) >= 11 is 0. The predicted molar refractivity (Wildman–Crippen MR) is 106 cm³/mol. The number of carbonyl (C=O) groups excluding carboxylic acids is 3. The summed E-state index contributed by atoms with van der Waals surface area (Å²) in [6.45, 7) is 2.41. The van der Waals surface area contributed by atoms with Crippen LogP contribution in [0.1, 0.15) is 37.7 Å². The fourth-order valence-electron chi connectivity index (χ4n) is 3.66. The second-order valence-electron chi connectivity index (χ2n) is 7.92. The van der Waals surface area contributed by atoms with Crippen LogP contribution in [0.5, 0.6) is 0 Å². The molecule has 1 aliphatic heterocycles. The fourth-order valence-corrected chi connectivity index (χ4v) is 3.66. The third kappa shape index (κ3) is 6.16. The first-order valence-corrected chi connectivity index (χ1v) is 10.3. The lowest BCUT2D eigenvalue weighted by molar-refractivity contribution is -0.143. The zero-order valence-corrected chi connectivity index (χ0v) is 16.3. The van der Waals surface area contributed by atoms with E-state index in [4.69, 9.17) is 4.74 Å². The molecule has 3 rings (SSSR count). The number of ketones is 1. The number of aryl methyl sites for hydroxylation is 1. The molecule has 28 heavy (non-hydrogen) atoms. The quantitative estimate of drug-likeness (QED) is 0.466. The molecule has 1 aromatic carbocycles. The molecule has 6 nitrogen and oxygen atoms in total. The molecule has 1 saturated heterocycles. The molecule has 152 valence electrons. The molecule has 1 aliphatic carbocycles. The highest BCUT2D eigenvalue weighted by atomic mass is 16.5. The average Bonchev–Trinajstić information content (AvgIpc) is 3.57. The van der Waals surface area contributed by atoms with Crippen LogP contribution in [0, 0.1) is 11.8 Å². The highest BCUT2D eigenvalue weighted by molar-refractivity contribution is 6.38. The van der Waals surface area contributed by atoms with Gasteiger partial charge >= 0.3 is 0 Å². The maximum absolute atomic E-state index is 12.9. The summed E-state index contributed by atoms with van der Waals surface area (Å²) in [5.41, 5.74) is 1.09. The van der Waals surface area contributed by atoms with Gasteiger partial charge in [0.25, 0.3) is 5.91 Å². The maximum atomic E-state index is 12.9. The molecule has 0 aromatic heterocycles. The molecule has 1 saturated carbocycles. The molecule has 1 N–H and O–H groups in total. The third-order valence-corrected chi connectivity index (χ3v) is 5.67. The molecule has 2 amide bonds. The van der Waals surface area contributed by atoms with Crippen LogP contribution in [-0.2, 0) is 25.5 Å². The van der Waals surface area contributed by atoms with Gasteiger partial charge in [-0.3, -0.25) is 14.4 Å². The summed E-state index contributed by atoms with van der Waals surface area (Å²) in [5.74, 6) is -0.260. The number of ether oxygens (including phenoxy) is 1. The van der Waals surface area contributed by atoms with Crippen LogP contribution in [0.15, 0.2) is 30.3 Å². The average molecular weight is 386 g/mol. The summed E-state index contributed by atoms with van der Waals surface area (Å²) in [7, 11) is 0. The summed E-state index contributed by atoms with van der Waals surface area (Å²) in [4.78, 5) is 38.7. The van der Waals surface area contributed by atoms with E-state index in [1.54, 1.807) is 0 Å². The summed E-state index contributed by atoms with van der Waals surface area (Å²) in [6, 6.07) is 9.12. The van der Waals surface area contributed by atoms with E-state index in [1.165, 1.54) is 4.90 Å². The minimum atomic E-state index is -0.722. The molecule has 1 atom stereocenters. The molecule has 2 fully saturated rings. The van der Waals surface area contributed by atoms with Crippen LogP contribution in [0.25, 0.3) is 0 Å². The van der Waals surface area contributed by atoms with Crippen LogP contribution in [0.2, 0.25) is 0 Å². The van der Waals surface area contributed by atoms with Crippen LogP contribution in [-0.4, -0.2) is 55.3 Å². The topological polar surface area (TPSA) is 75.7 Å².